The zero-order valence-corrected chi connectivity index (χ0v) is 20.6. The third-order valence-electron chi connectivity index (χ3n) is 5.94. The lowest BCUT2D eigenvalue weighted by Gasteiger charge is -2.09. The fourth-order valence-corrected chi connectivity index (χ4v) is 5.02. The largest absolute Gasteiger partial charge is 0.493 e. The number of nitrogens with zero attached hydrogens (tertiary/aromatic N) is 1. The van der Waals surface area contributed by atoms with E-state index in [1.807, 2.05) is 12.1 Å². The number of benzene rings is 2. The van der Waals surface area contributed by atoms with E-state index >= 15 is 0 Å². The Balaban J connectivity index is 1.57. The molecule has 2 aromatic carbocycles. The SMILES string of the molecule is CCc1cc(C(=O)CCC(=O)c2ccc(OC)c(OC)c2)nc(-c2csc3c(C)cccc23)c1. The Bertz CT molecular complexity index is 1370. The number of Topliss-reactive ketones (excluding diaryl/α,β-unsaturated/α-hetero) is 2. The Kier molecular flexibility index (Phi) is 7.08. The second kappa shape index (κ2) is 10.2. The van der Waals surface area contributed by atoms with E-state index in [-0.39, 0.29) is 24.4 Å². The predicted molar refractivity (Wildman–Crippen MR) is 137 cm³/mol. The molecule has 0 spiro atoms. The van der Waals surface area contributed by atoms with E-state index in [4.69, 9.17) is 14.5 Å². The summed E-state index contributed by atoms with van der Waals surface area (Å²) >= 11 is 1.69. The molecule has 0 unspecified atom stereocenters. The number of rotatable bonds is 9. The fraction of sp³-hybridized carbons (Fsp3) is 0.250. The molecule has 34 heavy (non-hydrogen) atoms. The van der Waals surface area contributed by atoms with Gasteiger partial charge in [0, 0.05) is 39.4 Å². The van der Waals surface area contributed by atoms with Crippen LogP contribution in [0.25, 0.3) is 21.3 Å². The van der Waals surface area contributed by atoms with Gasteiger partial charge in [0.25, 0.3) is 0 Å². The van der Waals surface area contributed by atoms with Gasteiger partial charge in [-0.25, -0.2) is 4.98 Å². The zero-order chi connectivity index (χ0) is 24.2. The molecular weight excluding hydrogens is 446 g/mol. The number of pyridine rings is 1. The number of hydrogen-bond acceptors (Lipinski definition) is 6. The molecule has 174 valence electrons. The summed E-state index contributed by atoms with van der Waals surface area (Å²) in [4.78, 5) is 30.5. The van der Waals surface area contributed by atoms with Crippen molar-refractivity contribution in [2.24, 2.45) is 0 Å². The van der Waals surface area contributed by atoms with E-state index in [1.54, 1.807) is 36.6 Å². The van der Waals surface area contributed by atoms with Crippen molar-refractivity contribution in [3.63, 3.8) is 0 Å². The summed E-state index contributed by atoms with van der Waals surface area (Å²) in [6, 6.07) is 15.2. The Morgan fingerprint density at radius 1 is 0.941 bits per heavy atom. The number of carbonyl (C=O) groups is 2. The van der Waals surface area contributed by atoms with E-state index in [1.165, 1.54) is 17.4 Å². The highest BCUT2D eigenvalue weighted by molar-refractivity contribution is 7.18. The summed E-state index contributed by atoms with van der Waals surface area (Å²) in [5.41, 5.74) is 5.00. The van der Waals surface area contributed by atoms with E-state index in [0.29, 0.717) is 22.8 Å². The number of thiophene rings is 1. The number of aryl methyl sites for hydroxylation is 2. The number of ether oxygens (including phenoxy) is 2. The minimum Gasteiger partial charge on any atom is -0.493 e. The lowest BCUT2D eigenvalue weighted by Crippen LogP contribution is -2.08. The molecule has 0 aliphatic carbocycles. The van der Waals surface area contributed by atoms with Crippen LogP contribution in [0.15, 0.2) is 53.9 Å². The molecule has 0 fully saturated rings. The minimum absolute atomic E-state index is 0.0935. The van der Waals surface area contributed by atoms with Crippen LogP contribution in [-0.4, -0.2) is 30.8 Å². The third kappa shape index (κ3) is 4.73. The van der Waals surface area contributed by atoms with E-state index in [9.17, 15) is 9.59 Å². The van der Waals surface area contributed by atoms with Crippen molar-refractivity contribution in [2.75, 3.05) is 14.2 Å². The molecule has 0 saturated carbocycles. The standard InChI is InChI=1S/C28H27NO4S/c1-5-18-13-22(21-16-34-28-17(2)7-6-8-20(21)28)29-23(14-18)25(31)11-10-24(30)19-9-12-26(32-3)27(15-19)33-4/h6-9,12-16H,5,10-11H2,1-4H3. The number of carbonyl (C=O) groups excluding carboxylic acids is 2. The Morgan fingerprint density at radius 3 is 2.44 bits per heavy atom. The molecule has 0 bridgehead atoms. The second-order valence-corrected chi connectivity index (χ2v) is 9.00. The maximum atomic E-state index is 13.1. The third-order valence-corrected chi connectivity index (χ3v) is 7.07. The van der Waals surface area contributed by atoms with Gasteiger partial charge in [0.05, 0.1) is 19.9 Å². The number of ketones is 2. The minimum atomic E-state index is -0.138. The van der Waals surface area contributed by atoms with Crippen LogP contribution < -0.4 is 9.47 Å². The zero-order valence-electron chi connectivity index (χ0n) is 19.8. The van der Waals surface area contributed by atoms with Crippen molar-refractivity contribution in [1.29, 1.82) is 0 Å². The van der Waals surface area contributed by atoms with E-state index in [0.717, 1.165) is 28.6 Å². The van der Waals surface area contributed by atoms with Gasteiger partial charge in [0.1, 0.15) is 5.69 Å². The van der Waals surface area contributed by atoms with Gasteiger partial charge in [0.15, 0.2) is 23.1 Å². The smallest absolute Gasteiger partial charge is 0.181 e. The molecule has 4 rings (SSSR count). The monoisotopic (exact) mass is 473 g/mol. The van der Waals surface area contributed by atoms with Crippen molar-refractivity contribution in [1.82, 2.24) is 4.98 Å². The first-order chi connectivity index (χ1) is 16.4. The first kappa shape index (κ1) is 23.6. The summed E-state index contributed by atoms with van der Waals surface area (Å²) in [5, 5.41) is 3.25. The second-order valence-electron chi connectivity index (χ2n) is 8.12. The van der Waals surface area contributed by atoms with Crippen LogP contribution in [-0.2, 0) is 6.42 Å². The molecule has 0 atom stereocenters. The summed E-state index contributed by atoms with van der Waals surface area (Å²) in [6.45, 7) is 4.16. The molecule has 2 heterocycles. The maximum Gasteiger partial charge on any atom is 0.181 e. The number of aromatic nitrogens is 1. The van der Waals surface area contributed by atoms with Crippen molar-refractivity contribution in [3.05, 3.63) is 76.3 Å². The Hall–Kier alpha value is -3.51. The molecular formula is C28H27NO4S. The van der Waals surface area contributed by atoms with Crippen LogP contribution in [0.3, 0.4) is 0 Å². The van der Waals surface area contributed by atoms with E-state index < -0.39 is 0 Å². The van der Waals surface area contributed by atoms with Crippen molar-refractivity contribution in [3.8, 4) is 22.8 Å². The molecule has 0 N–H and O–H groups in total. The molecule has 0 aliphatic heterocycles. The van der Waals surface area contributed by atoms with Crippen molar-refractivity contribution >= 4 is 33.0 Å². The highest BCUT2D eigenvalue weighted by Crippen LogP contribution is 2.35. The highest BCUT2D eigenvalue weighted by atomic mass is 32.1. The van der Waals surface area contributed by atoms with Gasteiger partial charge in [0.2, 0.25) is 0 Å². The van der Waals surface area contributed by atoms with Gasteiger partial charge in [-0.1, -0.05) is 25.1 Å². The Labute approximate surface area is 203 Å². The number of hydrogen-bond donors (Lipinski definition) is 0. The normalized spacial score (nSPS) is 10.9. The number of fused-ring (bicyclic) bond motifs is 1. The Morgan fingerprint density at radius 2 is 1.71 bits per heavy atom. The lowest BCUT2D eigenvalue weighted by molar-refractivity contribution is 0.0915. The average molecular weight is 474 g/mol. The van der Waals surface area contributed by atoms with Crippen molar-refractivity contribution in [2.45, 2.75) is 33.1 Å². The fourth-order valence-electron chi connectivity index (χ4n) is 3.98. The first-order valence-electron chi connectivity index (χ1n) is 11.2. The van der Waals surface area contributed by atoms with Crippen LogP contribution in [0.2, 0.25) is 0 Å². The topological polar surface area (TPSA) is 65.5 Å². The lowest BCUT2D eigenvalue weighted by atomic mass is 10.0. The van der Waals surface area contributed by atoms with Gasteiger partial charge in [-0.2, -0.15) is 0 Å². The summed E-state index contributed by atoms with van der Waals surface area (Å²) < 4.78 is 11.7. The molecule has 0 amide bonds. The van der Waals surface area contributed by atoms with Crippen LogP contribution in [0.4, 0.5) is 0 Å². The van der Waals surface area contributed by atoms with Gasteiger partial charge >= 0.3 is 0 Å². The van der Waals surface area contributed by atoms with Gasteiger partial charge in [-0.05, 0) is 54.8 Å². The summed E-state index contributed by atoms with van der Waals surface area (Å²) in [7, 11) is 3.07. The van der Waals surface area contributed by atoms with Crippen molar-refractivity contribution < 1.29 is 19.1 Å². The average Bonchev–Trinajstić information content (AvgIpc) is 3.31. The summed E-state index contributed by atoms with van der Waals surface area (Å²) in [6.07, 6.45) is 0.986. The highest BCUT2D eigenvalue weighted by Gasteiger charge is 2.17. The van der Waals surface area contributed by atoms with Gasteiger partial charge < -0.3 is 9.47 Å². The van der Waals surface area contributed by atoms with Crippen LogP contribution >= 0.6 is 11.3 Å². The summed E-state index contributed by atoms with van der Waals surface area (Å²) in [5.74, 6) is 0.779. The van der Waals surface area contributed by atoms with Gasteiger partial charge in [-0.3, -0.25) is 9.59 Å². The molecule has 0 aliphatic rings. The molecule has 0 radical (unpaired) electrons. The molecule has 0 saturated heterocycles. The van der Waals surface area contributed by atoms with Crippen LogP contribution in [0.5, 0.6) is 11.5 Å². The molecule has 4 aromatic rings. The van der Waals surface area contributed by atoms with Crippen LogP contribution in [0.1, 0.15) is 51.7 Å². The predicted octanol–water partition coefficient (Wildman–Crippen LogP) is 6.70. The molecule has 6 heteroatoms. The van der Waals surface area contributed by atoms with Gasteiger partial charge in [-0.15, -0.1) is 11.3 Å². The maximum absolute atomic E-state index is 13.1. The van der Waals surface area contributed by atoms with Crippen LogP contribution in [0, 0.1) is 6.92 Å². The number of methoxy groups -OCH3 is 2. The first-order valence-corrected chi connectivity index (χ1v) is 12.1. The molecule has 2 aromatic heterocycles. The molecule has 5 nitrogen and oxygen atoms in total. The quantitative estimate of drug-likeness (QED) is 0.253. The van der Waals surface area contributed by atoms with E-state index in [2.05, 4.69) is 37.4 Å².